The number of thiazole rings is 1. The van der Waals surface area contributed by atoms with E-state index >= 15 is 0 Å². The number of amidine groups is 1. The molecule has 0 radical (unpaired) electrons. The molecule has 2 aromatic rings. The van der Waals surface area contributed by atoms with Crippen LogP contribution in [0.15, 0.2) is 22.9 Å². The van der Waals surface area contributed by atoms with Gasteiger partial charge in [-0.3, -0.25) is 4.40 Å². The van der Waals surface area contributed by atoms with Gasteiger partial charge in [-0.1, -0.05) is 5.16 Å². The Labute approximate surface area is 78.1 Å². The van der Waals surface area contributed by atoms with Crippen LogP contribution in [0.5, 0.6) is 0 Å². The zero-order valence-electron chi connectivity index (χ0n) is 6.71. The van der Waals surface area contributed by atoms with E-state index in [2.05, 4.69) is 10.1 Å². The smallest absolute Gasteiger partial charge is 0.193 e. The fraction of sp³-hybridized carbons (Fsp3) is 0.143. The second-order valence-corrected chi connectivity index (χ2v) is 3.45. The number of nitrogens with zero attached hydrogens (tertiary/aromatic N) is 3. The van der Waals surface area contributed by atoms with E-state index in [9.17, 15) is 0 Å². The highest BCUT2D eigenvalue weighted by molar-refractivity contribution is 7.15. The van der Waals surface area contributed by atoms with E-state index in [4.69, 9.17) is 10.9 Å². The van der Waals surface area contributed by atoms with Gasteiger partial charge in [0.05, 0.1) is 18.3 Å². The number of imidazole rings is 1. The standard InChI is InChI=1S/C7H8N4OS/c8-6(10-12)3-5-4-9-7-11(5)1-2-13-7/h1-2,4,12H,3H2,(H2,8,10). The molecule has 0 amide bonds. The lowest BCUT2D eigenvalue weighted by Gasteiger charge is -1.95. The van der Waals surface area contributed by atoms with E-state index in [1.54, 1.807) is 17.5 Å². The highest BCUT2D eigenvalue weighted by Crippen LogP contribution is 2.12. The monoisotopic (exact) mass is 196 g/mol. The Morgan fingerprint density at radius 2 is 2.62 bits per heavy atom. The summed E-state index contributed by atoms with van der Waals surface area (Å²) in [6.07, 6.45) is 4.05. The molecule has 5 nitrogen and oxygen atoms in total. The van der Waals surface area contributed by atoms with Gasteiger partial charge in [-0.15, -0.1) is 11.3 Å². The van der Waals surface area contributed by atoms with Gasteiger partial charge in [-0.25, -0.2) is 4.98 Å². The van der Waals surface area contributed by atoms with Crippen molar-refractivity contribution in [2.75, 3.05) is 0 Å². The first-order chi connectivity index (χ1) is 6.31. The lowest BCUT2D eigenvalue weighted by atomic mass is 10.3. The largest absolute Gasteiger partial charge is 0.409 e. The van der Waals surface area contributed by atoms with E-state index in [0.717, 1.165) is 10.7 Å². The third-order valence-electron chi connectivity index (χ3n) is 1.71. The van der Waals surface area contributed by atoms with Gasteiger partial charge < -0.3 is 10.9 Å². The van der Waals surface area contributed by atoms with Crippen molar-refractivity contribution in [2.24, 2.45) is 10.9 Å². The number of nitrogens with two attached hydrogens (primary N) is 1. The second kappa shape index (κ2) is 3.06. The van der Waals surface area contributed by atoms with Crippen LogP contribution in [-0.2, 0) is 6.42 Å². The van der Waals surface area contributed by atoms with Crippen LogP contribution in [-0.4, -0.2) is 20.4 Å². The third kappa shape index (κ3) is 1.35. The number of fused-ring (bicyclic) bond motifs is 1. The summed E-state index contributed by atoms with van der Waals surface area (Å²) in [5.74, 6) is 0.188. The van der Waals surface area contributed by atoms with E-state index in [1.807, 2.05) is 16.0 Å². The summed E-state index contributed by atoms with van der Waals surface area (Å²) in [5.41, 5.74) is 6.31. The molecule has 2 rings (SSSR count). The van der Waals surface area contributed by atoms with Crippen LogP contribution < -0.4 is 5.73 Å². The molecule has 2 heterocycles. The van der Waals surface area contributed by atoms with Gasteiger partial charge in [0.25, 0.3) is 0 Å². The minimum atomic E-state index is 0.188. The highest BCUT2D eigenvalue weighted by Gasteiger charge is 2.05. The molecule has 0 aromatic carbocycles. The Morgan fingerprint density at radius 1 is 1.77 bits per heavy atom. The van der Waals surface area contributed by atoms with Crippen LogP contribution in [0, 0.1) is 0 Å². The molecule has 0 aliphatic rings. The molecule has 0 saturated heterocycles. The van der Waals surface area contributed by atoms with Gasteiger partial charge in [0.1, 0.15) is 5.84 Å². The third-order valence-corrected chi connectivity index (χ3v) is 2.48. The van der Waals surface area contributed by atoms with Crippen molar-refractivity contribution in [1.29, 1.82) is 0 Å². The Hall–Kier alpha value is -1.56. The molecular formula is C7H8N4OS. The minimum Gasteiger partial charge on any atom is -0.409 e. The van der Waals surface area contributed by atoms with Crippen LogP contribution in [0.2, 0.25) is 0 Å². The summed E-state index contributed by atoms with van der Waals surface area (Å²) < 4.78 is 1.92. The average molecular weight is 196 g/mol. The molecule has 3 N–H and O–H groups in total. The number of aromatic nitrogens is 2. The maximum absolute atomic E-state index is 8.39. The number of hydrogen-bond acceptors (Lipinski definition) is 4. The fourth-order valence-electron chi connectivity index (χ4n) is 1.13. The predicted octanol–water partition coefficient (Wildman–Crippen LogP) is 0.685. The number of oxime groups is 1. The molecule has 68 valence electrons. The molecule has 0 unspecified atom stereocenters. The van der Waals surface area contributed by atoms with Crippen molar-refractivity contribution in [1.82, 2.24) is 9.38 Å². The van der Waals surface area contributed by atoms with Crippen molar-refractivity contribution < 1.29 is 5.21 Å². The van der Waals surface area contributed by atoms with Crippen molar-refractivity contribution in [3.63, 3.8) is 0 Å². The summed E-state index contributed by atoms with van der Waals surface area (Å²) in [4.78, 5) is 5.07. The Morgan fingerprint density at radius 3 is 3.38 bits per heavy atom. The van der Waals surface area contributed by atoms with E-state index in [0.29, 0.717) is 6.42 Å². The van der Waals surface area contributed by atoms with Crippen LogP contribution in [0.3, 0.4) is 0 Å². The quantitative estimate of drug-likeness (QED) is 0.321. The normalized spacial score (nSPS) is 12.5. The predicted molar refractivity (Wildman–Crippen MR) is 50.2 cm³/mol. The Balaban J connectivity index is 2.38. The van der Waals surface area contributed by atoms with Crippen LogP contribution in [0.4, 0.5) is 0 Å². The molecule has 13 heavy (non-hydrogen) atoms. The van der Waals surface area contributed by atoms with Gasteiger partial charge in [0.2, 0.25) is 0 Å². The molecule has 0 spiro atoms. The lowest BCUT2D eigenvalue weighted by Crippen LogP contribution is -2.15. The van der Waals surface area contributed by atoms with Crippen molar-refractivity contribution in [3.8, 4) is 0 Å². The maximum Gasteiger partial charge on any atom is 0.193 e. The molecule has 0 aliphatic heterocycles. The number of hydrogen-bond donors (Lipinski definition) is 2. The summed E-state index contributed by atoms with van der Waals surface area (Å²) >= 11 is 1.55. The first-order valence-electron chi connectivity index (χ1n) is 3.67. The Kier molecular flexibility index (Phi) is 1.90. The highest BCUT2D eigenvalue weighted by atomic mass is 32.1. The molecule has 0 atom stereocenters. The molecule has 0 bridgehead atoms. The topological polar surface area (TPSA) is 75.9 Å². The van der Waals surface area contributed by atoms with Gasteiger partial charge in [0, 0.05) is 11.6 Å². The van der Waals surface area contributed by atoms with Crippen LogP contribution in [0.1, 0.15) is 5.69 Å². The molecule has 0 aliphatic carbocycles. The lowest BCUT2D eigenvalue weighted by molar-refractivity contribution is 0.317. The zero-order valence-corrected chi connectivity index (χ0v) is 7.53. The van der Waals surface area contributed by atoms with E-state index in [-0.39, 0.29) is 5.84 Å². The molecular weight excluding hydrogens is 188 g/mol. The summed E-state index contributed by atoms with van der Waals surface area (Å²) in [6.45, 7) is 0. The van der Waals surface area contributed by atoms with Gasteiger partial charge in [0.15, 0.2) is 4.96 Å². The summed E-state index contributed by atoms with van der Waals surface area (Å²) in [6, 6.07) is 0. The van der Waals surface area contributed by atoms with Crippen LogP contribution in [0.25, 0.3) is 4.96 Å². The van der Waals surface area contributed by atoms with Crippen molar-refractivity contribution >= 4 is 22.1 Å². The van der Waals surface area contributed by atoms with Gasteiger partial charge in [-0.05, 0) is 0 Å². The average Bonchev–Trinajstić information content (AvgIpc) is 2.69. The fourth-order valence-corrected chi connectivity index (χ4v) is 1.84. The van der Waals surface area contributed by atoms with Gasteiger partial charge in [-0.2, -0.15) is 0 Å². The SMILES string of the molecule is N/C(Cc1cnc2sccn12)=N\O. The molecule has 2 aromatic heterocycles. The molecule has 0 saturated carbocycles. The van der Waals surface area contributed by atoms with Crippen LogP contribution >= 0.6 is 11.3 Å². The maximum atomic E-state index is 8.39. The zero-order chi connectivity index (χ0) is 9.26. The van der Waals surface area contributed by atoms with Crippen molar-refractivity contribution in [3.05, 3.63) is 23.5 Å². The summed E-state index contributed by atoms with van der Waals surface area (Å²) in [7, 11) is 0. The number of rotatable bonds is 2. The van der Waals surface area contributed by atoms with Crippen molar-refractivity contribution in [2.45, 2.75) is 6.42 Å². The summed E-state index contributed by atoms with van der Waals surface area (Å²) in [5, 5.41) is 13.2. The Bertz CT molecular complexity index is 444. The molecule has 6 heteroatoms. The second-order valence-electron chi connectivity index (χ2n) is 2.57. The van der Waals surface area contributed by atoms with E-state index in [1.165, 1.54) is 0 Å². The first-order valence-corrected chi connectivity index (χ1v) is 4.55. The van der Waals surface area contributed by atoms with E-state index < -0.39 is 0 Å². The van der Waals surface area contributed by atoms with Gasteiger partial charge >= 0.3 is 0 Å². The molecule has 0 fully saturated rings. The minimum absolute atomic E-state index is 0.188. The first kappa shape index (κ1) is 8.06.